The molecule has 0 bridgehead atoms. The molecule has 0 aromatic heterocycles. The van der Waals surface area contributed by atoms with E-state index in [0.717, 1.165) is 50.1 Å². The van der Waals surface area contributed by atoms with Crippen LogP contribution in [0.15, 0.2) is 18.2 Å². The fourth-order valence-corrected chi connectivity index (χ4v) is 3.22. The zero-order valence-electron chi connectivity index (χ0n) is 12.2. The topological polar surface area (TPSA) is 30.5 Å². The van der Waals surface area contributed by atoms with Gasteiger partial charge in [0.1, 0.15) is 0 Å². The Hall–Kier alpha value is -1.22. The number of ether oxygens (including phenoxy) is 2. The van der Waals surface area contributed by atoms with Gasteiger partial charge in [0.2, 0.25) is 0 Å². The van der Waals surface area contributed by atoms with Crippen LogP contribution in [0.5, 0.6) is 11.5 Å². The number of nitrogens with one attached hydrogen (secondary N) is 1. The summed E-state index contributed by atoms with van der Waals surface area (Å²) in [4.78, 5) is 0. The largest absolute Gasteiger partial charge is 0.490 e. The van der Waals surface area contributed by atoms with Gasteiger partial charge in [-0.2, -0.15) is 0 Å². The lowest BCUT2D eigenvalue weighted by Crippen LogP contribution is -2.17. The molecule has 1 aromatic carbocycles. The van der Waals surface area contributed by atoms with Crippen LogP contribution in [-0.4, -0.2) is 19.8 Å². The minimum atomic E-state index is 0.756. The number of para-hydroxylation sites is 1. The van der Waals surface area contributed by atoms with Crippen molar-refractivity contribution in [3.05, 3.63) is 23.8 Å². The van der Waals surface area contributed by atoms with Gasteiger partial charge in [0.15, 0.2) is 11.5 Å². The highest BCUT2D eigenvalue weighted by molar-refractivity contribution is 5.46. The van der Waals surface area contributed by atoms with E-state index in [4.69, 9.17) is 9.47 Å². The molecular formula is C17H25NO2. The fraction of sp³-hybridized carbons (Fsp3) is 0.647. The minimum Gasteiger partial charge on any atom is -0.490 e. The summed E-state index contributed by atoms with van der Waals surface area (Å²) < 4.78 is 11.6. The Kier molecular flexibility index (Phi) is 4.80. The molecule has 1 N–H and O–H groups in total. The average molecular weight is 275 g/mol. The van der Waals surface area contributed by atoms with Crippen LogP contribution in [0.4, 0.5) is 0 Å². The number of hydrogen-bond donors (Lipinski definition) is 1. The Bertz CT molecular complexity index is 427. The summed E-state index contributed by atoms with van der Waals surface area (Å²) in [6, 6.07) is 6.19. The van der Waals surface area contributed by atoms with Gasteiger partial charge in [0.05, 0.1) is 13.2 Å². The molecule has 0 unspecified atom stereocenters. The van der Waals surface area contributed by atoms with Gasteiger partial charge in [-0.25, -0.2) is 0 Å². The van der Waals surface area contributed by atoms with E-state index in [0.29, 0.717) is 0 Å². The zero-order chi connectivity index (χ0) is 13.6. The lowest BCUT2D eigenvalue weighted by Gasteiger charge is -2.14. The van der Waals surface area contributed by atoms with E-state index in [1.807, 2.05) is 6.07 Å². The molecule has 0 spiro atoms. The molecule has 1 heterocycles. The van der Waals surface area contributed by atoms with Crippen molar-refractivity contribution in [2.45, 2.75) is 45.1 Å². The van der Waals surface area contributed by atoms with Crippen molar-refractivity contribution in [2.75, 3.05) is 19.8 Å². The summed E-state index contributed by atoms with van der Waals surface area (Å²) >= 11 is 0. The lowest BCUT2D eigenvalue weighted by molar-refractivity contribution is 0.296. The van der Waals surface area contributed by atoms with Crippen LogP contribution in [-0.2, 0) is 6.54 Å². The van der Waals surface area contributed by atoms with Gasteiger partial charge in [-0.1, -0.05) is 37.8 Å². The third kappa shape index (κ3) is 3.45. The van der Waals surface area contributed by atoms with E-state index in [2.05, 4.69) is 17.4 Å². The van der Waals surface area contributed by atoms with Crippen molar-refractivity contribution in [2.24, 2.45) is 5.92 Å². The van der Waals surface area contributed by atoms with E-state index in [1.165, 1.54) is 37.7 Å². The van der Waals surface area contributed by atoms with Crippen molar-refractivity contribution < 1.29 is 9.47 Å². The van der Waals surface area contributed by atoms with Crippen LogP contribution in [0.1, 0.15) is 44.1 Å². The number of fused-ring (bicyclic) bond motifs is 1. The molecular weight excluding hydrogens is 250 g/mol. The highest BCUT2D eigenvalue weighted by Gasteiger charge is 2.16. The second-order valence-corrected chi connectivity index (χ2v) is 5.91. The molecule has 0 amide bonds. The van der Waals surface area contributed by atoms with E-state index < -0.39 is 0 Å². The second-order valence-electron chi connectivity index (χ2n) is 5.91. The van der Waals surface area contributed by atoms with Gasteiger partial charge >= 0.3 is 0 Å². The Morgan fingerprint density at radius 3 is 2.80 bits per heavy atom. The van der Waals surface area contributed by atoms with Gasteiger partial charge < -0.3 is 14.8 Å². The van der Waals surface area contributed by atoms with Crippen molar-refractivity contribution in [1.29, 1.82) is 0 Å². The minimum absolute atomic E-state index is 0.756. The lowest BCUT2D eigenvalue weighted by atomic mass is 10.0. The van der Waals surface area contributed by atoms with Gasteiger partial charge in [-0.05, 0) is 24.9 Å². The number of benzene rings is 1. The first kappa shape index (κ1) is 13.7. The third-order valence-electron chi connectivity index (χ3n) is 4.37. The normalized spacial score (nSPS) is 19.0. The summed E-state index contributed by atoms with van der Waals surface area (Å²) in [5.74, 6) is 2.80. The van der Waals surface area contributed by atoms with Gasteiger partial charge in [-0.15, -0.1) is 0 Å². The average Bonchev–Trinajstić information content (AvgIpc) is 2.87. The standard InChI is InChI=1S/C17H25NO2/c1-2-6-14(5-1)9-10-18-13-15-7-3-8-16-17(15)20-12-4-11-19-16/h3,7-8,14,18H,1-2,4-6,9-13H2. The predicted molar refractivity (Wildman–Crippen MR) is 80.3 cm³/mol. The summed E-state index contributed by atoms with van der Waals surface area (Å²) in [6.45, 7) is 3.49. The quantitative estimate of drug-likeness (QED) is 0.834. The van der Waals surface area contributed by atoms with Crippen molar-refractivity contribution in [3.63, 3.8) is 0 Å². The van der Waals surface area contributed by atoms with Gasteiger partial charge in [-0.3, -0.25) is 0 Å². The maximum atomic E-state index is 5.85. The Morgan fingerprint density at radius 2 is 1.90 bits per heavy atom. The predicted octanol–water partition coefficient (Wildman–Crippen LogP) is 3.52. The SMILES string of the molecule is c1cc(CNCCC2CCCC2)c2c(c1)OCCCO2. The summed E-state index contributed by atoms with van der Waals surface area (Å²) in [6.07, 6.45) is 8.00. The van der Waals surface area contributed by atoms with Crippen LogP contribution >= 0.6 is 0 Å². The van der Waals surface area contributed by atoms with Crippen LogP contribution in [0, 0.1) is 5.92 Å². The highest BCUT2D eigenvalue weighted by Crippen LogP contribution is 2.33. The second kappa shape index (κ2) is 6.98. The molecule has 3 heteroatoms. The van der Waals surface area contributed by atoms with Crippen LogP contribution in [0.3, 0.4) is 0 Å². The first-order chi connectivity index (χ1) is 9.93. The van der Waals surface area contributed by atoms with E-state index in [-0.39, 0.29) is 0 Å². The molecule has 1 fully saturated rings. The molecule has 110 valence electrons. The molecule has 1 aliphatic carbocycles. The maximum Gasteiger partial charge on any atom is 0.165 e. The van der Waals surface area contributed by atoms with E-state index in [1.54, 1.807) is 0 Å². The van der Waals surface area contributed by atoms with Gasteiger partial charge in [0.25, 0.3) is 0 Å². The monoisotopic (exact) mass is 275 g/mol. The van der Waals surface area contributed by atoms with E-state index >= 15 is 0 Å². The Morgan fingerprint density at radius 1 is 1.05 bits per heavy atom. The van der Waals surface area contributed by atoms with Crippen LogP contribution in [0.2, 0.25) is 0 Å². The van der Waals surface area contributed by atoms with E-state index in [9.17, 15) is 0 Å². The molecule has 2 aliphatic rings. The third-order valence-corrected chi connectivity index (χ3v) is 4.37. The first-order valence-corrected chi connectivity index (χ1v) is 8.02. The molecule has 1 saturated carbocycles. The number of hydrogen-bond acceptors (Lipinski definition) is 3. The summed E-state index contributed by atoms with van der Waals surface area (Å²) in [5, 5.41) is 3.56. The van der Waals surface area contributed by atoms with Crippen LogP contribution < -0.4 is 14.8 Å². The molecule has 3 rings (SSSR count). The smallest absolute Gasteiger partial charge is 0.165 e. The number of rotatable bonds is 5. The fourth-order valence-electron chi connectivity index (χ4n) is 3.22. The van der Waals surface area contributed by atoms with Gasteiger partial charge in [0, 0.05) is 18.5 Å². The van der Waals surface area contributed by atoms with Crippen LogP contribution in [0.25, 0.3) is 0 Å². The Labute approximate surface area is 121 Å². The van der Waals surface area contributed by atoms with Crippen molar-refractivity contribution >= 4 is 0 Å². The van der Waals surface area contributed by atoms with Crippen molar-refractivity contribution in [1.82, 2.24) is 5.32 Å². The summed E-state index contributed by atoms with van der Waals surface area (Å²) in [7, 11) is 0. The molecule has 1 aliphatic heterocycles. The first-order valence-electron chi connectivity index (χ1n) is 8.02. The highest BCUT2D eigenvalue weighted by atomic mass is 16.5. The Balaban J connectivity index is 1.51. The molecule has 0 atom stereocenters. The van der Waals surface area contributed by atoms with Crippen molar-refractivity contribution in [3.8, 4) is 11.5 Å². The molecule has 0 radical (unpaired) electrons. The maximum absolute atomic E-state index is 5.85. The molecule has 3 nitrogen and oxygen atoms in total. The zero-order valence-corrected chi connectivity index (χ0v) is 12.2. The molecule has 0 saturated heterocycles. The summed E-state index contributed by atoms with van der Waals surface area (Å²) in [5.41, 5.74) is 1.22. The molecule has 20 heavy (non-hydrogen) atoms. The molecule has 1 aromatic rings.